The minimum atomic E-state index is -0.990. The van der Waals surface area contributed by atoms with Crippen LogP contribution in [0, 0.1) is 5.82 Å². The number of carbonyl (C=O) groups is 1. The third-order valence-electron chi connectivity index (χ3n) is 1.94. The third-order valence-corrected chi connectivity index (χ3v) is 1.94. The fourth-order valence-electron chi connectivity index (χ4n) is 1.24. The first-order chi connectivity index (χ1) is 7.65. The maximum Gasteiger partial charge on any atom is 0.325 e. The van der Waals surface area contributed by atoms with Gasteiger partial charge in [0, 0.05) is 5.56 Å². The number of hydrogen-bond donors (Lipinski definition) is 1. The lowest BCUT2D eigenvalue weighted by atomic mass is 10.2. The van der Waals surface area contributed by atoms with E-state index in [1.54, 1.807) is 0 Å². The van der Waals surface area contributed by atoms with Crippen LogP contribution in [0.25, 0.3) is 11.4 Å². The molecule has 1 aromatic carbocycles. The Morgan fingerprint density at radius 1 is 1.38 bits per heavy atom. The molecule has 5 nitrogen and oxygen atoms in total. The fourth-order valence-corrected chi connectivity index (χ4v) is 1.24. The van der Waals surface area contributed by atoms with Crippen molar-refractivity contribution in [2.24, 2.45) is 0 Å². The molecule has 1 N–H and O–H groups in total. The number of aliphatic carboxylic acids is 1. The van der Waals surface area contributed by atoms with Gasteiger partial charge in [-0.25, -0.2) is 14.1 Å². The molecule has 1 heterocycles. The molecule has 0 aliphatic heterocycles. The van der Waals surface area contributed by atoms with Crippen molar-refractivity contribution in [2.75, 3.05) is 0 Å². The topological polar surface area (TPSA) is 68.0 Å². The predicted octanol–water partition coefficient (Wildman–Crippen LogP) is 1.17. The summed E-state index contributed by atoms with van der Waals surface area (Å²) in [4.78, 5) is 14.4. The molecule has 0 fully saturated rings. The molecule has 0 bridgehead atoms. The highest BCUT2D eigenvalue weighted by molar-refractivity contribution is 5.66. The molecular formula is C10H8FN3O2. The zero-order chi connectivity index (χ0) is 11.5. The van der Waals surface area contributed by atoms with Crippen LogP contribution in [-0.2, 0) is 11.3 Å². The predicted molar refractivity (Wildman–Crippen MR) is 53.1 cm³/mol. The second kappa shape index (κ2) is 4.09. The van der Waals surface area contributed by atoms with E-state index in [9.17, 15) is 9.18 Å². The van der Waals surface area contributed by atoms with E-state index in [0.717, 1.165) is 0 Å². The second-order valence-electron chi connectivity index (χ2n) is 3.17. The van der Waals surface area contributed by atoms with E-state index in [1.807, 2.05) is 0 Å². The van der Waals surface area contributed by atoms with Gasteiger partial charge in [0.25, 0.3) is 0 Å². The molecule has 0 aliphatic carbocycles. The minimum absolute atomic E-state index is 0.242. The van der Waals surface area contributed by atoms with Crippen molar-refractivity contribution in [3.05, 3.63) is 36.4 Å². The number of carboxylic acids is 1. The summed E-state index contributed by atoms with van der Waals surface area (Å²) in [6.07, 6.45) is 1.33. The molecule has 0 unspecified atom stereocenters. The number of rotatable bonds is 3. The summed E-state index contributed by atoms with van der Waals surface area (Å²) in [5.74, 6) is -0.953. The van der Waals surface area contributed by atoms with E-state index in [4.69, 9.17) is 5.11 Å². The van der Waals surface area contributed by atoms with Crippen LogP contribution in [0.3, 0.4) is 0 Å². The Kier molecular flexibility index (Phi) is 2.63. The Balaban J connectivity index is 2.24. The Labute approximate surface area is 90.2 Å². The minimum Gasteiger partial charge on any atom is -0.480 e. The molecule has 16 heavy (non-hydrogen) atoms. The van der Waals surface area contributed by atoms with Crippen LogP contribution in [0.2, 0.25) is 0 Å². The van der Waals surface area contributed by atoms with Crippen molar-refractivity contribution in [1.82, 2.24) is 14.8 Å². The number of carboxylic acid groups (broad SMARTS) is 1. The molecule has 0 saturated carbocycles. The van der Waals surface area contributed by atoms with Crippen LogP contribution < -0.4 is 0 Å². The van der Waals surface area contributed by atoms with Crippen molar-refractivity contribution < 1.29 is 14.3 Å². The maximum absolute atomic E-state index is 12.7. The number of hydrogen-bond acceptors (Lipinski definition) is 3. The van der Waals surface area contributed by atoms with Crippen LogP contribution in [-0.4, -0.2) is 25.8 Å². The first-order valence-corrected chi connectivity index (χ1v) is 4.52. The Morgan fingerprint density at radius 2 is 2.06 bits per heavy atom. The molecule has 2 rings (SSSR count). The number of benzene rings is 1. The van der Waals surface area contributed by atoms with Gasteiger partial charge in [0.05, 0.1) is 0 Å². The summed E-state index contributed by atoms with van der Waals surface area (Å²) in [7, 11) is 0. The van der Waals surface area contributed by atoms with Gasteiger partial charge in [0.15, 0.2) is 5.82 Å². The fraction of sp³-hybridized carbons (Fsp3) is 0.100. The molecular weight excluding hydrogens is 213 g/mol. The van der Waals surface area contributed by atoms with E-state index >= 15 is 0 Å². The summed E-state index contributed by atoms with van der Waals surface area (Å²) in [6, 6.07) is 5.67. The normalized spacial score (nSPS) is 10.3. The van der Waals surface area contributed by atoms with Crippen molar-refractivity contribution in [2.45, 2.75) is 6.54 Å². The van der Waals surface area contributed by atoms with Crippen molar-refractivity contribution >= 4 is 5.97 Å². The quantitative estimate of drug-likeness (QED) is 0.844. The van der Waals surface area contributed by atoms with Gasteiger partial charge in [0.2, 0.25) is 0 Å². The Bertz CT molecular complexity index is 507. The molecule has 2 aromatic rings. The monoisotopic (exact) mass is 221 g/mol. The molecule has 0 atom stereocenters. The van der Waals surface area contributed by atoms with E-state index in [2.05, 4.69) is 10.1 Å². The highest BCUT2D eigenvalue weighted by Gasteiger charge is 2.06. The molecule has 0 aliphatic rings. The standard InChI is InChI=1S/C10H8FN3O2/c11-8-3-1-7(2-4-8)10-12-6-14(13-10)5-9(15)16/h1-4,6H,5H2,(H,15,16). The van der Waals surface area contributed by atoms with Gasteiger partial charge in [-0.05, 0) is 24.3 Å². The molecule has 82 valence electrons. The zero-order valence-electron chi connectivity index (χ0n) is 8.17. The van der Waals surface area contributed by atoms with Crippen LogP contribution in [0.5, 0.6) is 0 Å². The molecule has 1 aromatic heterocycles. The summed E-state index contributed by atoms with van der Waals surface area (Å²) < 4.78 is 13.9. The Morgan fingerprint density at radius 3 is 2.69 bits per heavy atom. The average Bonchev–Trinajstić information content (AvgIpc) is 2.66. The van der Waals surface area contributed by atoms with Gasteiger partial charge in [0.1, 0.15) is 18.7 Å². The van der Waals surface area contributed by atoms with Gasteiger partial charge in [-0.2, -0.15) is 5.10 Å². The average molecular weight is 221 g/mol. The lowest BCUT2D eigenvalue weighted by Crippen LogP contribution is -2.08. The second-order valence-corrected chi connectivity index (χ2v) is 3.17. The summed E-state index contributed by atoms with van der Waals surface area (Å²) in [6.45, 7) is -0.242. The van der Waals surface area contributed by atoms with Crippen molar-refractivity contribution in [3.8, 4) is 11.4 Å². The molecule has 0 amide bonds. The smallest absolute Gasteiger partial charge is 0.325 e. The van der Waals surface area contributed by atoms with Gasteiger partial charge < -0.3 is 5.11 Å². The Hall–Kier alpha value is -2.24. The molecule has 0 spiro atoms. The first kappa shape index (κ1) is 10.3. The van der Waals surface area contributed by atoms with Crippen molar-refractivity contribution in [1.29, 1.82) is 0 Å². The van der Waals surface area contributed by atoms with Gasteiger partial charge in [-0.3, -0.25) is 4.79 Å². The van der Waals surface area contributed by atoms with Gasteiger partial charge in [-0.15, -0.1) is 0 Å². The number of nitrogens with zero attached hydrogens (tertiary/aromatic N) is 3. The lowest BCUT2D eigenvalue weighted by molar-refractivity contribution is -0.137. The highest BCUT2D eigenvalue weighted by atomic mass is 19.1. The summed E-state index contributed by atoms with van der Waals surface area (Å²) >= 11 is 0. The molecule has 0 radical (unpaired) electrons. The highest BCUT2D eigenvalue weighted by Crippen LogP contribution is 2.14. The van der Waals surface area contributed by atoms with Crippen LogP contribution in [0.4, 0.5) is 4.39 Å². The third kappa shape index (κ3) is 2.22. The van der Waals surface area contributed by atoms with Crippen molar-refractivity contribution in [3.63, 3.8) is 0 Å². The SMILES string of the molecule is O=C(O)Cn1cnc(-c2ccc(F)cc2)n1. The molecule has 0 saturated heterocycles. The van der Waals surface area contributed by atoms with E-state index in [-0.39, 0.29) is 12.4 Å². The lowest BCUT2D eigenvalue weighted by Gasteiger charge is -1.95. The van der Waals surface area contributed by atoms with Gasteiger partial charge in [-0.1, -0.05) is 0 Å². The largest absolute Gasteiger partial charge is 0.480 e. The van der Waals surface area contributed by atoms with E-state index in [1.165, 1.54) is 35.3 Å². The number of aromatic nitrogens is 3. The first-order valence-electron chi connectivity index (χ1n) is 4.52. The van der Waals surface area contributed by atoms with Crippen LogP contribution >= 0.6 is 0 Å². The van der Waals surface area contributed by atoms with Crippen LogP contribution in [0.15, 0.2) is 30.6 Å². The number of halogens is 1. The molecule has 6 heteroatoms. The summed E-state index contributed by atoms with van der Waals surface area (Å²) in [5, 5.41) is 12.5. The van der Waals surface area contributed by atoms with Gasteiger partial charge >= 0.3 is 5.97 Å². The van der Waals surface area contributed by atoms with E-state index < -0.39 is 5.97 Å². The zero-order valence-corrected chi connectivity index (χ0v) is 8.17. The summed E-state index contributed by atoms with van der Waals surface area (Å²) in [5.41, 5.74) is 0.644. The van der Waals surface area contributed by atoms with E-state index in [0.29, 0.717) is 11.4 Å². The van der Waals surface area contributed by atoms with Crippen LogP contribution in [0.1, 0.15) is 0 Å². The maximum atomic E-state index is 12.7.